The van der Waals surface area contributed by atoms with Crippen molar-refractivity contribution in [3.63, 3.8) is 0 Å². The highest BCUT2D eigenvalue weighted by Gasteiger charge is 2.13. The van der Waals surface area contributed by atoms with E-state index in [1.54, 1.807) is 0 Å². The molecule has 0 aliphatic rings. The molecule has 1 N–H and O–H groups in total. The van der Waals surface area contributed by atoms with Crippen LogP contribution in [0.5, 0.6) is 5.88 Å². The Morgan fingerprint density at radius 3 is 2.26 bits per heavy atom. The molecule has 0 aliphatic heterocycles. The molecule has 4 heteroatoms. The van der Waals surface area contributed by atoms with Crippen molar-refractivity contribution in [2.24, 2.45) is 0 Å². The topological polar surface area (TPSA) is 33.1 Å². The summed E-state index contributed by atoms with van der Waals surface area (Å²) >= 11 is 7.33. The van der Waals surface area contributed by atoms with Gasteiger partial charge in [-0.2, -0.15) is 0 Å². The van der Waals surface area contributed by atoms with Gasteiger partial charge in [-0.15, -0.1) is 11.3 Å². The van der Waals surface area contributed by atoms with E-state index in [0.717, 1.165) is 21.0 Å². The second-order valence-electron chi connectivity index (χ2n) is 4.04. The number of hydrogen-bond donors (Lipinski definition) is 1. The monoisotopic (exact) mass is 287 g/mol. The lowest BCUT2D eigenvalue weighted by molar-refractivity contribution is 0.459. The van der Waals surface area contributed by atoms with Crippen LogP contribution in [0.25, 0.3) is 21.0 Å². The Hall–Kier alpha value is -1.84. The molecule has 1 aromatic heterocycles. The van der Waals surface area contributed by atoms with Gasteiger partial charge >= 0.3 is 0 Å². The molecule has 0 radical (unpaired) electrons. The average Bonchev–Trinajstić information content (AvgIpc) is 2.83. The molecule has 2 nitrogen and oxygen atoms in total. The van der Waals surface area contributed by atoms with Gasteiger partial charge in [-0.3, -0.25) is 0 Å². The fraction of sp³-hybridized carbons (Fsp3) is 0. The first-order chi connectivity index (χ1) is 9.24. The maximum atomic E-state index is 9.97. The summed E-state index contributed by atoms with van der Waals surface area (Å²) in [6, 6.07) is 17.2. The molecule has 0 aliphatic carbocycles. The zero-order valence-electron chi connectivity index (χ0n) is 9.88. The summed E-state index contributed by atoms with van der Waals surface area (Å²) in [5, 5.41) is 11.4. The van der Waals surface area contributed by atoms with Gasteiger partial charge < -0.3 is 5.11 Å². The van der Waals surface area contributed by atoms with Crippen molar-refractivity contribution < 1.29 is 5.11 Å². The third-order valence-electron chi connectivity index (χ3n) is 2.74. The molecule has 94 valence electrons. The van der Waals surface area contributed by atoms with Gasteiger partial charge in [-0.05, 0) is 17.7 Å². The SMILES string of the molecule is Oc1nc(-c2ccc(Cl)cc2)sc1-c1ccccc1. The van der Waals surface area contributed by atoms with Gasteiger partial charge in [0.1, 0.15) is 5.01 Å². The highest BCUT2D eigenvalue weighted by molar-refractivity contribution is 7.18. The average molecular weight is 288 g/mol. The molecule has 3 rings (SSSR count). The van der Waals surface area contributed by atoms with E-state index in [-0.39, 0.29) is 5.88 Å². The highest BCUT2D eigenvalue weighted by Crippen LogP contribution is 2.39. The van der Waals surface area contributed by atoms with Crippen molar-refractivity contribution in [1.29, 1.82) is 0 Å². The molecule has 0 saturated heterocycles. The summed E-state index contributed by atoms with van der Waals surface area (Å²) in [6.07, 6.45) is 0. The Bertz CT molecular complexity index is 692. The number of aromatic nitrogens is 1. The van der Waals surface area contributed by atoms with Gasteiger partial charge in [-0.25, -0.2) is 4.98 Å². The molecule has 0 spiro atoms. The quantitative estimate of drug-likeness (QED) is 0.732. The lowest BCUT2D eigenvalue weighted by atomic mass is 10.2. The van der Waals surface area contributed by atoms with E-state index in [1.807, 2.05) is 54.6 Å². The van der Waals surface area contributed by atoms with E-state index in [1.165, 1.54) is 11.3 Å². The maximum Gasteiger partial charge on any atom is 0.230 e. The minimum absolute atomic E-state index is 0.0705. The van der Waals surface area contributed by atoms with Crippen LogP contribution < -0.4 is 0 Å². The lowest BCUT2D eigenvalue weighted by Crippen LogP contribution is -1.74. The number of nitrogens with zero attached hydrogens (tertiary/aromatic N) is 1. The number of rotatable bonds is 2. The van der Waals surface area contributed by atoms with E-state index < -0.39 is 0 Å². The zero-order chi connectivity index (χ0) is 13.2. The van der Waals surface area contributed by atoms with Crippen LogP contribution in [0.4, 0.5) is 0 Å². The summed E-state index contributed by atoms with van der Waals surface area (Å²) in [5.74, 6) is 0.0705. The minimum atomic E-state index is 0.0705. The molecule has 2 aromatic carbocycles. The molecule has 0 amide bonds. The van der Waals surface area contributed by atoms with Crippen molar-refractivity contribution in [2.75, 3.05) is 0 Å². The fourth-order valence-electron chi connectivity index (χ4n) is 1.81. The third-order valence-corrected chi connectivity index (χ3v) is 4.13. The first-order valence-electron chi connectivity index (χ1n) is 5.75. The van der Waals surface area contributed by atoms with Gasteiger partial charge in [0, 0.05) is 10.6 Å². The molecule has 1 heterocycles. The van der Waals surface area contributed by atoms with E-state index >= 15 is 0 Å². The van der Waals surface area contributed by atoms with Gasteiger partial charge in [0.2, 0.25) is 5.88 Å². The van der Waals surface area contributed by atoms with Crippen molar-refractivity contribution in [3.05, 3.63) is 59.6 Å². The number of aromatic hydroxyl groups is 1. The number of benzene rings is 2. The van der Waals surface area contributed by atoms with E-state index in [0.29, 0.717) is 5.02 Å². The lowest BCUT2D eigenvalue weighted by Gasteiger charge is -1.96. The second kappa shape index (κ2) is 5.03. The van der Waals surface area contributed by atoms with Crippen LogP contribution in [0, 0.1) is 0 Å². The number of hydrogen-bond acceptors (Lipinski definition) is 3. The van der Waals surface area contributed by atoms with E-state index in [2.05, 4.69) is 4.98 Å². The molecule has 0 fully saturated rings. The predicted octanol–water partition coefficient (Wildman–Crippen LogP) is 4.84. The zero-order valence-corrected chi connectivity index (χ0v) is 11.4. The molecule has 0 saturated carbocycles. The predicted molar refractivity (Wildman–Crippen MR) is 79.7 cm³/mol. The largest absolute Gasteiger partial charge is 0.492 e. The van der Waals surface area contributed by atoms with Gasteiger partial charge in [0.15, 0.2) is 0 Å². The Labute approximate surface area is 120 Å². The molecular formula is C15H10ClNOS. The van der Waals surface area contributed by atoms with Crippen molar-refractivity contribution in [3.8, 4) is 26.9 Å². The molecule has 3 aromatic rings. The first-order valence-corrected chi connectivity index (χ1v) is 6.94. The Morgan fingerprint density at radius 1 is 0.895 bits per heavy atom. The van der Waals surface area contributed by atoms with Crippen LogP contribution in [0.3, 0.4) is 0 Å². The molecular weight excluding hydrogens is 278 g/mol. The molecule has 19 heavy (non-hydrogen) atoms. The van der Waals surface area contributed by atoms with Gasteiger partial charge in [0.25, 0.3) is 0 Å². The number of thiazole rings is 1. The minimum Gasteiger partial charge on any atom is -0.492 e. The summed E-state index contributed by atoms with van der Waals surface area (Å²) in [6.45, 7) is 0. The molecule has 0 unspecified atom stereocenters. The second-order valence-corrected chi connectivity index (χ2v) is 5.48. The van der Waals surface area contributed by atoms with Gasteiger partial charge in [-0.1, -0.05) is 54.1 Å². The Kier molecular flexibility index (Phi) is 3.23. The smallest absolute Gasteiger partial charge is 0.230 e. The highest BCUT2D eigenvalue weighted by atomic mass is 35.5. The van der Waals surface area contributed by atoms with Crippen LogP contribution >= 0.6 is 22.9 Å². The first kappa shape index (κ1) is 12.2. The summed E-state index contributed by atoms with van der Waals surface area (Å²) in [7, 11) is 0. The van der Waals surface area contributed by atoms with Crippen LogP contribution in [0.1, 0.15) is 0 Å². The van der Waals surface area contributed by atoms with Crippen LogP contribution in [0.15, 0.2) is 54.6 Å². The Morgan fingerprint density at radius 2 is 1.58 bits per heavy atom. The van der Waals surface area contributed by atoms with Crippen molar-refractivity contribution in [1.82, 2.24) is 4.98 Å². The van der Waals surface area contributed by atoms with Crippen LogP contribution in [-0.2, 0) is 0 Å². The van der Waals surface area contributed by atoms with Crippen molar-refractivity contribution >= 4 is 22.9 Å². The van der Waals surface area contributed by atoms with Crippen LogP contribution in [0.2, 0.25) is 5.02 Å². The summed E-state index contributed by atoms with van der Waals surface area (Å²) in [4.78, 5) is 5.00. The van der Waals surface area contributed by atoms with Crippen molar-refractivity contribution in [2.45, 2.75) is 0 Å². The molecule has 0 bridgehead atoms. The summed E-state index contributed by atoms with van der Waals surface area (Å²) < 4.78 is 0. The number of halogens is 1. The Balaban J connectivity index is 2.04. The third kappa shape index (κ3) is 2.48. The molecule has 0 atom stereocenters. The standard InChI is InChI=1S/C15H10ClNOS/c16-12-8-6-11(7-9-12)15-17-14(18)13(19-15)10-4-2-1-3-5-10/h1-9,18H. The summed E-state index contributed by atoms with van der Waals surface area (Å²) in [5.41, 5.74) is 1.92. The van der Waals surface area contributed by atoms with E-state index in [4.69, 9.17) is 11.6 Å². The van der Waals surface area contributed by atoms with Gasteiger partial charge in [0.05, 0.1) is 4.88 Å². The van der Waals surface area contributed by atoms with Crippen LogP contribution in [-0.4, -0.2) is 10.1 Å². The van der Waals surface area contributed by atoms with E-state index in [9.17, 15) is 5.11 Å². The fourth-order valence-corrected chi connectivity index (χ4v) is 2.90. The maximum absolute atomic E-state index is 9.97. The normalized spacial score (nSPS) is 10.6.